The number of hydrogen-bond donors (Lipinski definition) is 1. The largest absolute Gasteiger partial charge is 0.378 e. The molecular weight excluding hydrogens is 370 g/mol. The summed E-state index contributed by atoms with van der Waals surface area (Å²) in [5, 5.41) is 1.02. The lowest BCUT2D eigenvalue weighted by Crippen LogP contribution is -2.40. The molecule has 1 fully saturated rings. The van der Waals surface area contributed by atoms with Crippen LogP contribution in [0.5, 0.6) is 0 Å². The summed E-state index contributed by atoms with van der Waals surface area (Å²) in [4.78, 5) is 15.7. The van der Waals surface area contributed by atoms with Gasteiger partial charge in [-0.1, -0.05) is 24.3 Å². The van der Waals surface area contributed by atoms with E-state index in [1.165, 1.54) is 11.3 Å². The Morgan fingerprint density at radius 3 is 2.54 bits per heavy atom. The number of carbonyl (C=O) groups excluding carboxylic acids is 1. The van der Waals surface area contributed by atoms with Crippen molar-refractivity contribution in [2.75, 3.05) is 26.3 Å². The van der Waals surface area contributed by atoms with E-state index in [4.69, 9.17) is 9.29 Å². The highest BCUT2D eigenvalue weighted by Gasteiger charge is 2.21. The van der Waals surface area contributed by atoms with E-state index in [2.05, 4.69) is 0 Å². The molecule has 0 spiro atoms. The molecule has 1 unspecified atom stereocenters. The fourth-order valence-corrected chi connectivity index (χ4v) is 4.52. The number of morpholine rings is 1. The number of rotatable bonds is 3. The Morgan fingerprint density at radius 2 is 1.85 bits per heavy atom. The van der Waals surface area contributed by atoms with Gasteiger partial charge in [-0.05, 0) is 35.4 Å². The number of hydrogen-bond acceptors (Lipinski definition) is 4. The van der Waals surface area contributed by atoms with Crippen LogP contribution < -0.4 is 0 Å². The summed E-state index contributed by atoms with van der Waals surface area (Å²) in [6, 6.07) is 14.9. The van der Waals surface area contributed by atoms with E-state index in [0.717, 1.165) is 26.1 Å². The normalized spacial score (nSPS) is 16.0. The minimum atomic E-state index is -1.98. The molecule has 1 saturated heterocycles. The van der Waals surface area contributed by atoms with Gasteiger partial charge in [0.1, 0.15) is 0 Å². The van der Waals surface area contributed by atoms with Gasteiger partial charge in [-0.2, -0.15) is 0 Å². The maximum Gasteiger partial charge on any atom is 0.264 e. The van der Waals surface area contributed by atoms with Gasteiger partial charge in [0.2, 0.25) is 0 Å². The van der Waals surface area contributed by atoms with Gasteiger partial charge in [0.25, 0.3) is 5.91 Å². The maximum absolute atomic E-state index is 12.8. The van der Waals surface area contributed by atoms with Crippen molar-refractivity contribution in [1.29, 1.82) is 0 Å². The second-order valence-corrected chi connectivity index (χ2v) is 8.06. The van der Waals surface area contributed by atoms with Gasteiger partial charge >= 0.3 is 0 Å². The topological polar surface area (TPSA) is 66.8 Å². The molecule has 26 heavy (non-hydrogen) atoms. The molecule has 1 atom stereocenters. The first-order valence-electron chi connectivity index (χ1n) is 8.24. The predicted octanol–water partition coefficient (Wildman–Crippen LogP) is 3.62. The van der Waals surface area contributed by atoms with Gasteiger partial charge in [-0.15, -0.1) is 11.3 Å². The van der Waals surface area contributed by atoms with Crippen molar-refractivity contribution >= 4 is 38.4 Å². The van der Waals surface area contributed by atoms with Crippen molar-refractivity contribution in [3.05, 3.63) is 53.4 Å². The van der Waals surface area contributed by atoms with Gasteiger partial charge < -0.3 is 14.2 Å². The lowest BCUT2D eigenvalue weighted by atomic mass is 10.0. The molecule has 1 aliphatic heterocycles. The standard InChI is InChI=1S/C19H17NO4S2/c21-19(20-8-10-24-11-9-20)18-12-16-15(2-1-3-17(16)25-18)13-4-6-14(7-5-13)26(22)23/h1-7,12H,8-11H2,(H,22,23). The van der Waals surface area contributed by atoms with Gasteiger partial charge in [-0.25, -0.2) is 4.21 Å². The molecule has 4 rings (SSSR count). The van der Waals surface area contributed by atoms with Crippen molar-refractivity contribution < 1.29 is 18.3 Å². The lowest BCUT2D eigenvalue weighted by Gasteiger charge is -2.26. The number of nitrogens with zero attached hydrogens (tertiary/aromatic N) is 1. The molecule has 3 aromatic rings. The molecule has 1 amide bonds. The first-order chi connectivity index (χ1) is 12.6. The molecule has 0 radical (unpaired) electrons. The number of amides is 1. The minimum absolute atomic E-state index is 0.0477. The summed E-state index contributed by atoms with van der Waals surface area (Å²) in [5.41, 5.74) is 1.96. The summed E-state index contributed by atoms with van der Waals surface area (Å²) in [7, 11) is 0. The zero-order valence-corrected chi connectivity index (χ0v) is 15.5. The first kappa shape index (κ1) is 17.4. The summed E-state index contributed by atoms with van der Waals surface area (Å²) in [6.07, 6.45) is 0. The molecule has 2 aromatic carbocycles. The molecular formula is C19H17NO4S2. The molecule has 1 aromatic heterocycles. The Balaban J connectivity index is 1.71. The van der Waals surface area contributed by atoms with Crippen LogP contribution in [-0.2, 0) is 15.8 Å². The van der Waals surface area contributed by atoms with E-state index in [1.807, 2.05) is 41.3 Å². The lowest BCUT2D eigenvalue weighted by molar-refractivity contribution is 0.0306. The Kier molecular flexibility index (Phi) is 4.86. The zero-order chi connectivity index (χ0) is 18.1. The number of ether oxygens (including phenoxy) is 1. The number of thiophene rings is 1. The van der Waals surface area contributed by atoms with Crippen molar-refractivity contribution in [3.63, 3.8) is 0 Å². The molecule has 2 heterocycles. The van der Waals surface area contributed by atoms with Crippen molar-refractivity contribution in [2.45, 2.75) is 4.90 Å². The second kappa shape index (κ2) is 7.28. The van der Waals surface area contributed by atoms with Gasteiger partial charge in [-0.3, -0.25) is 4.79 Å². The fraction of sp³-hybridized carbons (Fsp3) is 0.211. The van der Waals surface area contributed by atoms with Crippen molar-refractivity contribution in [3.8, 4) is 11.1 Å². The number of fused-ring (bicyclic) bond motifs is 1. The van der Waals surface area contributed by atoms with Crippen LogP contribution in [0.1, 0.15) is 9.67 Å². The van der Waals surface area contributed by atoms with E-state index in [1.54, 1.807) is 12.1 Å². The summed E-state index contributed by atoms with van der Waals surface area (Å²) in [5.74, 6) is 0.0477. The quantitative estimate of drug-likeness (QED) is 0.697. The fourth-order valence-electron chi connectivity index (χ4n) is 3.09. The van der Waals surface area contributed by atoms with Gasteiger partial charge in [0.05, 0.1) is 23.0 Å². The Labute approximate surface area is 157 Å². The smallest absolute Gasteiger partial charge is 0.264 e. The van der Waals surface area contributed by atoms with Crippen molar-refractivity contribution in [2.24, 2.45) is 0 Å². The highest BCUT2D eigenvalue weighted by atomic mass is 32.2. The molecule has 0 aliphatic carbocycles. The summed E-state index contributed by atoms with van der Waals surface area (Å²) < 4.78 is 26.7. The predicted molar refractivity (Wildman–Crippen MR) is 103 cm³/mol. The Bertz CT molecular complexity index is 975. The highest BCUT2D eigenvalue weighted by Crippen LogP contribution is 2.35. The number of carbonyl (C=O) groups is 1. The van der Waals surface area contributed by atoms with Crippen LogP contribution in [0, 0.1) is 0 Å². The molecule has 0 saturated carbocycles. The highest BCUT2D eigenvalue weighted by molar-refractivity contribution is 7.79. The second-order valence-electron chi connectivity index (χ2n) is 6.01. The molecule has 7 heteroatoms. The molecule has 0 bridgehead atoms. The summed E-state index contributed by atoms with van der Waals surface area (Å²) in [6.45, 7) is 2.42. The minimum Gasteiger partial charge on any atom is -0.378 e. The van der Waals surface area contributed by atoms with Crippen LogP contribution in [0.2, 0.25) is 0 Å². The van der Waals surface area contributed by atoms with Crippen LogP contribution in [0.3, 0.4) is 0 Å². The average molecular weight is 387 g/mol. The zero-order valence-electron chi connectivity index (χ0n) is 13.9. The van der Waals surface area contributed by atoms with Crippen LogP contribution >= 0.6 is 11.3 Å². The average Bonchev–Trinajstić information content (AvgIpc) is 3.12. The third-order valence-electron chi connectivity index (χ3n) is 4.44. The van der Waals surface area contributed by atoms with Crippen LogP contribution in [0.4, 0.5) is 0 Å². The SMILES string of the molecule is O=C(c1cc2c(-c3ccc(S(=O)O)cc3)cccc2s1)N1CCOCC1. The van der Waals surface area contributed by atoms with Crippen LogP contribution in [0.25, 0.3) is 21.2 Å². The van der Waals surface area contributed by atoms with Crippen LogP contribution in [-0.4, -0.2) is 45.9 Å². The molecule has 134 valence electrons. The monoisotopic (exact) mass is 387 g/mol. The van der Waals surface area contributed by atoms with Crippen LogP contribution in [0.15, 0.2) is 53.4 Å². The number of benzene rings is 2. The third kappa shape index (κ3) is 3.31. The molecule has 5 nitrogen and oxygen atoms in total. The van der Waals surface area contributed by atoms with Crippen molar-refractivity contribution in [1.82, 2.24) is 4.90 Å². The van der Waals surface area contributed by atoms with E-state index < -0.39 is 11.1 Å². The van der Waals surface area contributed by atoms with E-state index >= 15 is 0 Å². The third-order valence-corrected chi connectivity index (χ3v) is 6.20. The van der Waals surface area contributed by atoms with Gasteiger partial charge in [0.15, 0.2) is 11.1 Å². The van der Waals surface area contributed by atoms with E-state index in [0.29, 0.717) is 31.2 Å². The summed E-state index contributed by atoms with van der Waals surface area (Å²) >= 11 is -0.489. The van der Waals surface area contributed by atoms with E-state index in [9.17, 15) is 9.00 Å². The Morgan fingerprint density at radius 1 is 1.12 bits per heavy atom. The Hall–Kier alpha value is -2.06. The van der Waals surface area contributed by atoms with Gasteiger partial charge in [0, 0.05) is 23.2 Å². The first-order valence-corrected chi connectivity index (χ1v) is 10.2. The molecule has 1 aliphatic rings. The maximum atomic E-state index is 12.8. The molecule has 1 N–H and O–H groups in total. The van der Waals surface area contributed by atoms with E-state index in [-0.39, 0.29) is 5.91 Å².